The smallest absolute Gasteiger partial charge is 0.122 e. The molecule has 1 heterocycles. The van der Waals surface area contributed by atoms with Gasteiger partial charge in [0.05, 0.1) is 12.8 Å². The Labute approximate surface area is 97.8 Å². The van der Waals surface area contributed by atoms with E-state index in [2.05, 4.69) is 5.32 Å². The summed E-state index contributed by atoms with van der Waals surface area (Å²) in [6.45, 7) is 0.615. The molecule has 1 N–H and O–H groups in total. The maximum absolute atomic E-state index is 5.86. The summed E-state index contributed by atoms with van der Waals surface area (Å²) in [6.07, 6.45) is 1.64. The molecular formula is C11H9Cl2NO. The minimum Gasteiger partial charge on any atom is -0.467 e. The van der Waals surface area contributed by atoms with Crippen molar-refractivity contribution < 1.29 is 4.42 Å². The van der Waals surface area contributed by atoms with E-state index in [0.717, 1.165) is 11.4 Å². The summed E-state index contributed by atoms with van der Waals surface area (Å²) in [6, 6.07) is 9.08. The van der Waals surface area contributed by atoms with E-state index in [1.165, 1.54) is 0 Å². The minimum absolute atomic E-state index is 0.615. The van der Waals surface area contributed by atoms with Gasteiger partial charge in [-0.05, 0) is 30.3 Å². The van der Waals surface area contributed by atoms with Crippen molar-refractivity contribution >= 4 is 28.9 Å². The third kappa shape index (κ3) is 2.91. The standard InChI is InChI=1S/C11H9Cl2NO/c12-8-4-9(13)6-10(5-8)14-7-11-2-1-3-15-11/h1-6,14H,7H2. The molecule has 4 heteroatoms. The van der Waals surface area contributed by atoms with Gasteiger partial charge in [0.2, 0.25) is 0 Å². The molecule has 0 aliphatic heterocycles. The second-order valence-electron chi connectivity index (χ2n) is 3.09. The molecule has 0 bridgehead atoms. The Morgan fingerprint density at radius 2 is 1.87 bits per heavy atom. The maximum atomic E-state index is 5.86. The first-order chi connectivity index (χ1) is 7.24. The number of halogens is 2. The number of benzene rings is 1. The molecule has 0 saturated heterocycles. The van der Waals surface area contributed by atoms with Gasteiger partial charge in [0.1, 0.15) is 5.76 Å². The zero-order valence-corrected chi connectivity index (χ0v) is 9.35. The number of rotatable bonds is 3. The van der Waals surface area contributed by atoms with E-state index in [1.54, 1.807) is 12.3 Å². The summed E-state index contributed by atoms with van der Waals surface area (Å²) in [5, 5.41) is 4.40. The van der Waals surface area contributed by atoms with Gasteiger partial charge in [-0.3, -0.25) is 0 Å². The van der Waals surface area contributed by atoms with Gasteiger partial charge in [-0.25, -0.2) is 0 Å². The van der Waals surface area contributed by atoms with Crippen LogP contribution in [0.25, 0.3) is 0 Å². The number of furan rings is 1. The van der Waals surface area contributed by atoms with Gasteiger partial charge in [-0.1, -0.05) is 23.2 Å². The van der Waals surface area contributed by atoms with E-state index in [9.17, 15) is 0 Å². The molecule has 1 aromatic heterocycles. The van der Waals surface area contributed by atoms with Crippen LogP contribution in [0.15, 0.2) is 41.0 Å². The molecule has 78 valence electrons. The van der Waals surface area contributed by atoms with Crippen LogP contribution >= 0.6 is 23.2 Å². The molecule has 0 atom stereocenters. The first-order valence-corrected chi connectivity index (χ1v) is 5.22. The van der Waals surface area contributed by atoms with Crippen molar-refractivity contribution in [1.29, 1.82) is 0 Å². The van der Waals surface area contributed by atoms with Crippen LogP contribution in [-0.2, 0) is 6.54 Å². The number of anilines is 1. The van der Waals surface area contributed by atoms with Gasteiger partial charge in [-0.2, -0.15) is 0 Å². The molecular weight excluding hydrogens is 233 g/mol. The van der Waals surface area contributed by atoms with Crippen molar-refractivity contribution in [2.24, 2.45) is 0 Å². The summed E-state index contributed by atoms with van der Waals surface area (Å²) < 4.78 is 5.19. The quantitative estimate of drug-likeness (QED) is 0.872. The van der Waals surface area contributed by atoms with Crippen molar-refractivity contribution in [3.63, 3.8) is 0 Å². The van der Waals surface area contributed by atoms with E-state index < -0.39 is 0 Å². The fourth-order valence-corrected chi connectivity index (χ4v) is 1.78. The summed E-state index contributed by atoms with van der Waals surface area (Å²) in [5.74, 6) is 0.867. The van der Waals surface area contributed by atoms with Crippen molar-refractivity contribution in [2.75, 3.05) is 5.32 Å². The van der Waals surface area contributed by atoms with Crippen LogP contribution < -0.4 is 5.32 Å². The monoisotopic (exact) mass is 241 g/mol. The molecule has 0 unspecified atom stereocenters. The predicted molar refractivity (Wildman–Crippen MR) is 62.5 cm³/mol. The van der Waals surface area contributed by atoms with Crippen LogP contribution in [-0.4, -0.2) is 0 Å². The van der Waals surface area contributed by atoms with E-state index in [4.69, 9.17) is 27.6 Å². The normalized spacial score (nSPS) is 10.3. The highest BCUT2D eigenvalue weighted by Crippen LogP contribution is 2.22. The first-order valence-electron chi connectivity index (χ1n) is 4.46. The van der Waals surface area contributed by atoms with E-state index in [0.29, 0.717) is 16.6 Å². The Kier molecular flexibility index (Phi) is 3.19. The average Bonchev–Trinajstić information content (AvgIpc) is 2.65. The van der Waals surface area contributed by atoms with E-state index in [-0.39, 0.29) is 0 Å². The van der Waals surface area contributed by atoms with Crippen molar-refractivity contribution in [2.45, 2.75) is 6.54 Å². The van der Waals surface area contributed by atoms with Gasteiger partial charge in [0.15, 0.2) is 0 Å². The summed E-state index contributed by atoms with van der Waals surface area (Å²) in [4.78, 5) is 0. The van der Waals surface area contributed by atoms with Gasteiger partial charge in [0, 0.05) is 15.7 Å². The predicted octanol–water partition coefficient (Wildman–Crippen LogP) is 4.20. The Morgan fingerprint density at radius 1 is 1.13 bits per heavy atom. The lowest BCUT2D eigenvalue weighted by atomic mass is 10.3. The van der Waals surface area contributed by atoms with E-state index in [1.807, 2.05) is 24.3 Å². The fourth-order valence-electron chi connectivity index (χ4n) is 1.26. The Hall–Kier alpha value is -1.12. The molecule has 0 radical (unpaired) electrons. The molecule has 1 aromatic carbocycles. The SMILES string of the molecule is Clc1cc(Cl)cc(NCc2ccco2)c1. The van der Waals surface area contributed by atoms with Crippen LogP contribution in [0.5, 0.6) is 0 Å². The summed E-state index contributed by atoms with van der Waals surface area (Å²) >= 11 is 11.7. The molecule has 0 aliphatic carbocycles. The molecule has 0 amide bonds. The van der Waals surface area contributed by atoms with Crippen LogP contribution in [0.3, 0.4) is 0 Å². The fraction of sp³-hybridized carbons (Fsp3) is 0.0909. The molecule has 0 fully saturated rings. The lowest BCUT2D eigenvalue weighted by Gasteiger charge is -2.05. The number of hydrogen-bond donors (Lipinski definition) is 1. The maximum Gasteiger partial charge on any atom is 0.122 e. The molecule has 0 saturated carbocycles. The number of hydrogen-bond acceptors (Lipinski definition) is 2. The van der Waals surface area contributed by atoms with Crippen molar-refractivity contribution in [3.05, 3.63) is 52.4 Å². The average molecular weight is 242 g/mol. The Bertz CT molecular complexity index is 420. The second-order valence-corrected chi connectivity index (χ2v) is 3.96. The first kappa shape index (κ1) is 10.4. The largest absolute Gasteiger partial charge is 0.467 e. The van der Waals surface area contributed by atoms with Gasteiger partial charge >= 0.3 is 0 Å². The lowest BCUT2D eigenvalue weighted by Crippen LogP contribution is -1.97. The minimum atomic E-state index is 0.615. The zero-order chi connectivity index (χ0) is 10.7. The summed E-state index contributed by atoms with van der Waals surface area (Å²) in [7, 11) is 0. The zero-order valence-electron chi connectivity index (χ0n) is 7.84. The molecule has 15 heavy (non-hydrogen) atoms. The van der Waals surface area contributed by atoms with Crippen LogP contribution in [0.4, 0.5) is 5.69 Å². The van der Waals surface area contributed by atoms with Crippen molar-refractivity contribution in [1.82, 2.24) is 0 Å². The van der Waals surface area contributed by atoms with E-state index >= 15 is 0 Å². The third-order valence-corrected chi connectivity index (χ3v) is 2.35. The molecule has 2 nitrogen and oxygen atoms in total. The summed E-state index contributed by atoms with van der Waals surface area (Å²) in [5.41, 5.74) is 0.879. The second kappa shape index (κ2) is 4.60. The lowest BCUT2D eigenvalue weighted by molar-refractivity contribution is 0.518. The highest BCUT2D eigenvalue weighted by molar-refractivity contribution is 6.35. The highest BCUT2D eigenvalue weighted by atomic mass is 35.5. The molecule has 2 rings (SSSR count). The van der Waals surface area contributed by atoms with Crippen LogP contribution in [0, 0.1) is 0 Å². The Morgan fingerprint density at radius 3 is 2.47 bits per heavy atom. The topological polar surface area (TPSA) is 25.2 Å². The highest BCUT2D eigenvalue weighted by Gasteiger charge is 1.99. The van der Waals surface area contributed by atoms with Gasteiger partial charge < -0.3 is 9.73 Å². The number of nitrogens with one attached hydrogen (secondary N) is 1. The van der Waals surface area contributed by atoms with Crippen LogP contribution in [0.2, 0.25) is 10.0 Å². The molecule has 0 aliphatic rings. The molecule has 2 aromatic rings. The Balaban J connectivity index is 2.05. The van der Waals surface area contributed by atoms with Gasteiger partial charge in [0.25, 0.3) is 0 Å². The van der Waals surface area contributed by atoms with Crippen LogP contribution in [0.1, 0.15) is 5.76 Å². The molecule has 0 spiro atoms. The van der Waals surface area contributed by atoms with Gasteiger partial charge in [-0.15, -0.1) is 0 Å². The third-order valence-electron chi connectivity index (χ3n) is 1.91. The van der Waals surface area contributed by atoms with Crippen molar-refractivity contribution in [3.8, 4) is 0 Å².